The first kappa shape index (κ1) is 24.1. The van der Waals surface area contributed by atoms with Gasteiger partial charge in [-0.3, -0.25) is 9.11 Å². The van der Waals surface area contributed by atoms with Gasteiger partial charge in [0.2, 0.25) is 0 Å². The molecule has 3 atom stereocenters. The van der Waals surface area contributed by atoms with Gasteiger partial charge in [0.15, 0.2) is 5.60 Å². The molecule has 1 aromatic carbocycles. The quantitative estimate of drug-likeness (QED) is 0.468. The lowest BCUT2D eigenvalue weighted by atomic mass is 9.75. The van der Waals surface area contributed by atoms with Crippen LogP contribution in [0.1, 0.15) is 50.5 Å². The zero-order chi connectivity index (χ0) is 22.6. The SMILES string of the molecule is CN1CC2CCCC(C1)C2OC(=O)[C@](O)(c1ccccc1)C1CCCC1.O=S(=O)(O)O. The van der Waals surface area contributed by atoms with Crippen molar-refractivity contribution in [3.63, 3.8) is 0 Å². The monoisotopic (exact) mass is 455 g/mol. The molecule has 0 spiro atoms. The third-order valence-electron chi connectivity index (χ3n) is 6.89. The predicted molar refractivity (Wildman–Crippen MR) is 115 cm³/mol. The Morgan fingerprint density at radius 2 is 1.52 bits per heavy atom. The largest absolute Gasteiger partial charge is 0.459 e. The van der Waals surface area contributed by atoms with Gasteiger partial charge in [0.1, 0.15) is 6.10 Å². The Labute approximate surface area is 184 Å². The average Bonchev–Trinajstić information content (AvgIpc) is 3.22. The van der Waals surface area contributed by atoms with E-state index in [1.54, 1.807) is 0 Å². The van der Waals surface area contributed by atoms with E-state index in [9.17, 15) is 9.90 Å². The second-order valence-electron chi connectivity index (χ2n) is 9.10. The van der Waals surface area contributed by atoms with Crippen molar-refractivity contribution in [2.24, 2.45) is 17.8 Å². The Bertz CT molecular complexity index is 819. The Morgan fingerprint density at radius 1 is 1.00 bits per heavy atom. The van der Waals surface area contributed by atoms with E-state index in [2.05, 4.69) is 11.9 Å². The van der Waals surface area contributed by atoms with Crippen molar-refractivity contribution in [1.29, 1.82) is 0 Å². The summed E-state index contributed by atoms with van der Waals surface area (Å²) < 4.78 is 37.7. The van der Waals surface area contributed by atoms with Gasteiger partial charge in [0, 0.05) is 30.8 Å². The lowest BCUT2D eigenvalue weighted by Crippen LogP contribution is -2.54. The molecule has 9 heteroatoms. The second kappa shape index (κ2) is 9.95. The van der Waals surface area contributed by atoms with Gasteiger partial charge in [0.05, 0.1) is 0 Å². The highest BCUT2D eigenvalue weighted by Gasteiger charge is 2.50. The molecule has 3 N–H and O–H groups in total. The number of nitrogens with zero attached hydrogens (tertiary/aromatic N) is 1. The van der Waals surface area contributed by atoms with E-state index in [-0.39, 0.29) is 12.0 Å². The van der Waals surface area contributed by atoms with E-state index in [1.807, 2.05) is 30.3 Å². The molecule has 2 unspecified atom stereocenters. The Balaban J connectivity index is 0.000000491. The van der Waals surface area contributed by atoms with Crippen LogP contribution >= 0.6 is 0 Å². The summed E-state index contributed by atoms with van der Waals surface area (Å²) in [5.74, 6) is 0.352. The molecule has 1 heterocycles. The maximum Gasteiger partial charge on any atom is 0.394 e. The van der Waals surface area contributed by atoms with Crippen molar-refractivity contribution >= 4 is 16.4 Å². The normalized spacial score (nSPS) is 28.8. The van der Waals surface area contributed by atoms with Crippen LogP contribution in [0, 0.1) is 17.8 Å². The molecule has 3 fully saturated rings. The minimum atomic E-state index is -4.67. The van der Waals surface area contributed by atoms with Gasteiger partial charge in [-0.05, 0) is 38.3 Å². The molecule has 3 aliphatic rings. The molecule has 4 rings (SSSR count). The fourth-order valence-corrected chi connectivity index (χ4v) is 5.58. The van der Waals surface area contributed by atoms with Crippen LogP contribution < -0.4 is 0 Å². The molecular formula is C22H33NO7S. The highest BCUT2D eigenvalue weighted by molar-refractivity contribution is 7.79. The van der Waals surface area contributed by atoms with Gasteiger partial charge in [-0.2, -0.15) is 8.42 Å². The van der Waals surface area contributed by atoms with Crippen LogP contribution in [0.3, 0.4) is 0 Å². The van der Waals surface area contributed by atoms with Crippen LogP contribution in [0.15, 0.2) is 30.3 Å². The predicted octanol–water partition coefficient (Wildman–Crippen LogP) is 2.69. The highest BCUT2D eigenvalue weighted by Crippen LogP contribution is 2.43. The van der Waals surface area contributed by atoms with E-state index in [0.29, 0.717) is 17.4 Å². The summed E-state index contributed by atoms with van der Waals surface area (Å²) in [6, 6.07) is 9.45. The lowest BCUT2D eigenvalue weighted by molar-refractivity contribution is -0.191. The summed E-state index contributed by atoms with van der Waals surface area (Å²) >= 11 is 0. The van der Waals surface area contributed by atoms with Crippen molar-refractivity contribution in [3.8, 4) is 0 Å². The van der Waals surface area contributed by atoms with Crippen LogP contribution in [0.2, 0.25) is 0 Å². The number of carbonyl (C=O) groups excluding carboxylic acids is 1. The highest BCUT2D eigenvalue weighted by atomic mass is 32.3. The van der Waals surface area contributed by atoms with Crippen LogP contribution in [0.5, 0.6) is 0 Å². The molecule has 0 radical (unpaired) electrons. The summed E-state index contributed by atoms with van der Waals surface area (Å²) in [4.78, 5) is 15.7. The summed E-state index contributed by atoms with van der Waals surface area (Å²) in [5.41, 5.74) is -0.815. The summed E-state index contributed by atoms with van der Waals surface area (Å²) in [5, 5.41) is 11.6. The maximum absolute atomic E-state index is 13.3. The number of esters is 1. The number of piperidine rings is 1. The van der Waals surface area contributed by atoms with E-state index >= 15 is 0 Å². The maximum atomic E-state index is 13.3. The Kier molecular flexibility index (Phi) is 7.75. The molecule has 1 saturated heterocycles. The number of hydrogen-bond acceptors (Lipinski definition) is 6. The van der Waals surface area contributed by atoms with Crippen molar-refractivity contribution < 1.29 is 32.2 Å². The molecule has 2 saturated carbocycles. The molecule has 1 aliphatic heterocycles. The molecule has 1 aromatic rings. The zero-order valence-corrected chi connectivity index (χ0v) is 18.7. The van der Waals surface area contributed by atoms with Crippen LogP contribution in [0.4, 0.5) is 0 Å². The number of rotatable bonds is 4. The van der Waals surface area contributed by atoms with Crippen LogP contribution in [-0.4, -0.2) is 59.7 Å². The minimum absolute atomic E-state index is 0.0379. The van der Waals surface area contributed by atoms with Crippen molar-refractivity contribution in [2.75, 3.05) is 20.1 Å². The molecule has 0 aromatic heterocycles. The standard InChI is InChI=1S/C22H31NO3.H2O4S/c1-23-14-16-8-7-9-17(15-23)20(16)26-21(24)22(25,19-12-5-6-13-19)18-10-3-2-4-11-18;1-5(2,3)4/h2-4,10-11,16-17,19-20,25H,5-9,12-15H2,1H3;(H2,1,2,3,4)/t16?,17?,20?,22-;/m0./s1. The number of hydrogen-bond donors (Lipinski definition) is 3. The van der Waals surface area contributed by atoms with Gasteiger partial charge >= 0.3 is 16.4 Å². The first-order valence-electron chi connectivity index (χ1n) is 11.0. The minimum Gasteiger partial charge on any atom is -0.459 e. The number of fused-ring (bicyclic) bond motifs is 2. The fourth-order valence-electron chi connectivity index (χ4n) is 5.58. The zero-order valence-electron chi connectivity index (χ0n) is 17.9. The Hall–Kier alpha value is -1.52. The van der Waals surface area contributed by atoms with E-state index < -0.39 is 22.0 Å². The smallest absolute Gasteiger partial charge is 0.394 e. The molecule has 8 nitrogen and oxygen atoms in total. The van der Waals surface area contributed by atoms with Gasteiger partial charge in [0.25, 0.3) is 0 Å². The lowest BCUT2D eigenvalue weighted by Gasteiger charge is -2.46. The van der Waals surface area contributed by atoms with E-state index in [0.717, 1.165) is 51.6 Å². The molecule has 31 heavy (non-hydrogen) atoms. The number of aliphatic hydroxyl groups is 1. The van der Waals surface area contributed by atoms with Gasteiger partial charge in [-0.25, -0.2) is 4.79 Å². The first-order chi connectivity index (χ1) is 14.6. The topological polar surface area (TPSA) is 124 Å². The summed E-state index contributed by atoms with van der Waals surface area (Å²) in [6.07, 6.45) is 7.35. The van der Waals surface area contributed by atoms with Gasteiger partial charge in [-0.15, -0.1) is 0 Å². The number of benzene rings is 1. The first-order valence-corrected chi connectivity index (χ1v) is 12.4. The third kappa shape index (κ3) is 6.04. The second-order valence-corrected chi connectivity index (χ2v) is 10.00. The average molecular weight is 456 g/mol. The summed E-state index contributed by atoms with van der Waals surface area (Å²) in [7, 11) is -2.51. The third-order valence-corrected chi connectivity index (χ3v) is 6.89. The number of carbonyl (C=O) groups is 1. The molecular weight excluding hydrogens is 422 g/mol. The van der Waals surface area contributed by atoms with Gasteiger partial charge < -0.3 is 14.7 Å². The van der Waals surface area contributed by atoms with Crippen LogP contribution in [-0.2, 0) is 25.5 Å². The number of likely N-dealkylation sites (tertiary alicyclic amines) is 1. The van der Waals surface area contributed by atoms with E-state index in [1.165, 1.54) is 6.42 Å². The molecule has 174 valence electrons. The Morgan fingerprint density at radius 3 is 2.03 bits per heavy atom. The molecule has 2 aliphatic carbocycles. The molecule has 0 amide bonds. The number of ether oxygens (including phenoxy) is 1. The molecule has 2 bridgehead atoms. The van der Waals surface area contributed by atoms with Crippen molar-refractivity contribution in [2.45, 2.75) is 56.7 Å². The van der Waals surface area contributed by atoms with Crippen molar-refractivity contribution in [1.82, 2.24) is 4.90 Å². The van der Waals surface area contributed by atoms with E-state index in [4.69, 9.17) is 22.3 Å². The fraction of sp³-hybridized carbons (Fsp3) is 0.682. The summed E-state index contributed by atoms with van der Waals surface area (Å²) in [6.45, 7) is 1.98. The van der Waals surface area contributed by atoms with Crippen molar-refractivity contribution in [3.05, 3.63) is 35.9 Å². The van der Waals surface area contributed by atoms with Gasteiger partial charge in [-0.1, -0.05) is 49.6 Å². The van der Waals surface area contributed by atoms with Crippen LogP contribution in [0.25, 0.3) is 0 Å².